The summed E-state index contributed by atoms with van der Waals surface area (Å²) in [5, 5.41) is 4.20. The van der Waals surface area contributed by atoms with Gasteiger partial charge in [0.1, 0.15) is 5.54 Å². The van der Waals surface area contributed by atoms with Crippen LogP contribution < -0.4 is 10.7 Å². The van der Waals surface area contributed by atoms with Gasteiger partial charge in [-0.2, -0.15) is 5.01 Å². The summed E-state index contributed by atoms with van der Waals surface area (Å²) in [5.41, 5.74) is 2.21. The monoisotopic (exact) mass is 432 g/mol. The van der Waals surface area contributed by atoms with Gasteiger partial charge < -0.3 is 10.2 Å². The van der Waals surface area contributed by atoms with Gasteiger partial charge in [0.15, 0.2) is 0 Å². The molecule has 3 fully saturated rings. The number of hydrogen-bond donors (Lipinski definition) is 2. The van der Waals surface area contributed by atoms with Crippen molar-refractivity contribution in [3.8, 4) is 0 Å². The maximum absolute atomic E-state index is 12.8. The molecule has 2 saturated heterocycles. The van der Waals surface area contributed by atoms with Gasteiger partial charge in [-0.1, -0.05) is 30.9 Å². The Morgan fingerprint density at radius 3 is 2.30 bits per heavy atom. The lowest BCUT2D eigenvalue weighted by Gasteiger charge is -2.32. The molecule has 0 atom stereocenters. The van der Waals surface area contributed by atoms with E-state index >= 15 is 0 Å². The Balaban J connectivity index is 1.32. The molecule has 30 heavy (non-hydrogen) atoms. The number of hydrazine groups is 1. The molecule has 160 valence electrons. The molecule has 3 aliphatic rings. The van der Waals surface area contributed by atoms with E-state index < -0.39 is 11.6 Å². The standard InChI is InChI=1S/C21H25ClN4O4/c22-16-6-4-15(5-7-16)18(28)25-12-8-14(9-13-25)17(27)24-26-19(29)21(23-20(26)30)10-2-1-3-11-21/h4-7,14H,1-3,8-13H2,(H,23,30)(H,24,27). The molecule has 9 heteroatoms. The van der Waals surface area contributed by atoms with E-state index in [9.17, 15) is 19.2 Å². The van der Waals surface area contributed by atoms with Crippen LogP contribution in [-0.2, 0) is 9.59 Å². The zero-order chi connectivity index (χ0) is 21.3. The predicted molar refractivity (Wildman–Crippen MR) is 109 cm³/mol. The second-order valence-electron chi connectivity index (χ2n) is 8.26. The quantitative estimate of drug-likeness (QED) is 0.717. The van der Waals surface area contributed by atoms with Crippen LogP contribution in [0.1, 0.15) is 55.3 Å². The van der Waals surface area contributed by atoms with E-state index in [0.29, 0.717) is 49.4 Å². The summed E-state index contributed by atoms with van der Waals surface area (Å²) >= 11 is 5.87. The lowest BCUT2D eigenvalue weighted by atomic mass is 9.82. The van der Waals surface area contributed by atoms with Crippen molar-refractivity contribution in [3.63, 3.8) is 0 Å². The topological polar surface area (TPSA) is 98.8 Å². The second kappa shape index (κ2) is 8.26. The minimum Gasteiger partial charge on any atom is -0.339 e. The minimum atomic E-state index is -0.864. The van der Waals surface area contributed by atoms with Crippen molar-refractivity contribution in [3.05, 3.63) is 34.9 Å². The fourth-order valence-electron chi connectivity index (χ4n) is 4.54. The molecule has 2 heterocycles. The molecular formula is C21H25ClN4O4. The SMILES string of the molecule is O=C(NN1C(=O)NC2(CCCCC2)C1=O)C1CCN(C(=O)c2ccc(Cl)cc2)CC1. The van der Waals surface area contributed by atoms with Crippen molar-refractivity contribution < 1.29 is 19.2 Å². The molecule has 1 aliphatic carbocycles. The molecule has 5 amide bonds. The molecule has 4 rings (SSSR count). The molecule has 8 nitrogen and oxygen atoms in total. The number of likely N-dealkylation sites (tertiary alicyclic amines) is 1. The van der Waals surface area contributed by atoms with Crippen molar-refractivity contribution in [1.82, 2.24) is 20.7 Å². The Morgan fingerprint density at radius 1 is 1.03 bits per heavy atom. The van der Waals surface area contributed by atoms with E-state index in [-0.39, 0.29) is 23.6 Å². The number of halogens is 1. The molecule has 0 radical (unpaired) electrons. The molecule has 1 aromatic carbocycles. The molecule has 0 aromatic heterocycles. The van der Waals surface area contributed by atoms with Crippen LogP contribution in [0.25, 0.3) is 0 Å². The number of hydrogen-bond acceptors (Lipinski definition) is 4. The summed E-state index contributed by atoms with van der Waals surface area (Å²) < 4.78 is 0. The number of rotatable bonds is 3. The highest BCUT2D eigenvalue weighted by Crippen LogP contribution is 2.33. The lowest BCUT2D eigenvalue weighted by molar-refractivity contribution is -0.141. The van der Waals surface area contributed by atoms with Crippen LogP contribution in [0.3, 0.4) is 0 Å². The Kier molecular flexibility index (Phi) is 5.69. The minimum absolute atomic E-state index is 0.0983. The van der Waals surface area contributed by atoms with Crippen molar-refractivity contribution in [2.75, 3.05) is 13.1 Å². The van der Waals surface area contributed by atoms with Crippen LogP contribution in [-0.4, -0.2) is 52.3 Å². The van der Waals surface area contributed by atoms with Crippen LogP contribution in [0.15, 0.2) is 24.3 Å². The number of carbonyl (C=O) groups excluding carboxylic acids is 4. The molecule has 2 aliphatic heterocycles. The number of amides is 5. The number of urea groups is 1. The third kappa shape index (κ3) is 3.88. The number of nitrogens with zero attached hydrogens (tertiary/aromatic N) is 2. The maximum atomic E-state index is 12.8. The summed E-state index contributed by atoms with van der Waals surface area (Å²) in [7, 11) is 0. The third-order valence-electron chi connectivity index (χ3n) is 6.34. The third-order valence-corrected chi connectivity index (χ3v) is 6.59. The van der Waals surface area contributed by atoms with Gasteiger partial charge in [-0.05, 0) is 49.9 Å². The number of piperidine rings is 1. The average Bonchev–Trinajstić information content (AvgIpc) is 2.98. The summed E-state index contributed by atoms with van der Waals surface area (Å²) in [6, 6.07) is 6.15. The van der Waals surface area contributed by atoms with Crippen molar-refractivity contribution in [2.24, 2.45) is 5.92 Å². The number of nitrogens with one attached hydrogen (secondary N) is 2. The first-order chi connectivity index (χ1) is 14.4. The predicted octanol–water partition coefficient (Wildman–Crippen LogP) is 2.48. The average molecular weight is 433 g/mol. The van der Waals surface area contributed by atoms with E-state index in [4.69, 9.17) is 11.6 Å². The molecule has 1 saturated carbocycles. The largest absolute Gasteiger partial charge is 0.344 e. The lowest BCUT2D eigenvalue weighted by Crippen LogP contribution is -2.53. The smallest absolute Gasteiger partial charge is 0.339 e. The first-order valence-corrected chi connectivity index (χ1v) is 10.8. The van der Waals surface area contributed by atoms with Gasteiger partial charge in [-0.15, -0.1) is 0 Å². The van der Waals surface area contributed by atoms with E-state index in [1.54, 1.807) is 29.2 Å². The number of imide groups is 1. The first kappa shape index (κ1) is 20.7. The zero-order valence-electron chi connectivity index (χ0n) is 16.7. The van der Waals surface area contributed by atoms with Gasteiger partial charge in [0, 0.05) is 29.6 Å². The van der Waals surface area contributed by atoms with Gasteiger partial charge in [-0.3, -0.25) is 19.8 Å². The highest BCUT2D eigenvalue weighted by molar-refractivity contribution is 6.30. The Morgan fingerprint density at radius 2 is 1.67 bits per heavy atom. The summed E-state index contributed by atoms with van der Waals surface area (Å²) in [6.45, 7) is 0.868. The van der Waals surface area contributed by atoms with Crippen molar-refractivity contribution in [1.29, 1.82) is 0 Å². The van der Waals surface area contributed by atoms with Crippen LogP contribution >= 0.6 is 11.6 Å². The fraction of sp³-hybridized carbons (Fsp3) is 0.524. The van der Waals surface area contributed by atoms with E-state index in [1.165, 1.54) is 0 Å². The van der Waals surface area contributed by atoms with Gasteiger partial charge in [-0.25, -0.2) is 4.79 Å². The first-order valence-electron chi connectivity index (χ1n) is 10.4. The van der Waals surface area contributed by atoms with Crippen LogP contribution in [0.4, 0.5) is 4.79 Å². The highest BCUT2D eigenvalue weighted by atomic mass is 35.5. The molecule has 1 aromatic rings. The highest BCUT2D eigenvalue weighted by Gasteiger charge is 2.52. The van der Waals surface area contributed by atoms with E-state index in [0.717, 1.165) is 24.3 Å². The summed E-state index contributed by atoms with van der Waals surface area (Å²) in [5.74, 6) is -1.18. The Bertz CT molecular complexity index is 858. The molecule has 0 unspecified atom stereocenters. The van der Waals surface area contributed by atoms with Gasteiger partial charge >= 0.3 is 6.03 Å². The van der Waals surface area contributed by atoms with Gasteiger partial charge in [0.05, 0.1) is 0 Å². The Labute approximate surface area is 179 Å². The fourth-order valence-corrected chi connectivity index (χ4v) is 4.66. The molecule has 1 spiro atoms. The van der Waals surface area contributed by atoms with Crippen LogP contribution in [0.2, 0.25) is 5.02 Å². The van der Waals surface area contributed by atoms with Gasteiger partial charge in [0.2, 0.25) is 5.91 Å². The summed E-state index contributed by atoms with van der Waals surface area (Å²) in [4.78, 5) is 52.1. The summed E-state index contributed by atoms with van der Waals surface area (Å²) in [6.07, 6.45) is 4.97. The maximum Gasteiger partial charge on any atom is 0.344 e. The van der Waals surface area contributed by atoms with Crippen molar-refractivity contribution in [2.45, 2.75) is 50.5 Å². The Hall–Kier alpha value is -2.61. The van der Waals surface area contributed by atoms with Crippen molar-refractivity contribution >= 4 is 35.4 Å². The van der Waals surface area contributed by atoms with Gasteiger partial charge in [0.25, 0.3) is 11.8 Å². The second-order valence-corrected chi connectivity index (χ2v) is 8.70. The van der Waals surface area contributed by atoms with Crippen LogP contribution in [0.5, 0.6) is 0 Å². The molecule has 2 N–H and O–H groups in total. The zero-order valence-corrected chi connectivity index (χ0v) is 17.4. The number of carbonyl (C=O) groups is 4. The molecule has 0 bridgehead atoms. The van der Waals surface area contributed by atoms with E-state index in [1.807, 2.05) is 0 Å². The molecular weight excluding hydrogens is 408 g/mol. The number of benzene rings is 1. The normalized spacial score (nSPS) is 21.6. The van der Waals surface area contributed by atoms with E-state index in [2.05, 4.69) is 10.7 Å². The van der Waals surface area contributed by atoms with Crippen LogP contribution in [0, 0.1) is 5.92 Å².